The Kier molecular flexibility index (Phi) is 3.64. The molecule has 0 aliphatic carbocycles. The van der Waals surface area contributed by atoms with E-state index in [0.29, 0.717) is 0 Å². The predicted molar refractivity (Wildman–Crippen MR) is 65.7 cm³/mol. The van der Waals surface area contributed by atoms with Crippen molar-refractivity contribution in [3.05, 3.63) is 29.8 Å². The van der Waals surface area contributed by atoms with Crippen molar-refractivity contribution in [2.45, 2.75) is 18.9 Å². The maximum absolute atomic E-state index is 11.6. The third-order valence-corrected chi connectivity index (χ3v) is 3.18. The van der Waals surface area contributed by atoms with Crippen molar-refractivity contribution >= 4 is 5.91 Å². The number of carbonyl (C=O) groups is 1. The molecule has 0 bridgehead atoms. The SMILES string of the molecule is COc1cccc(C(C(N)=O)N2CCCC2)c1. The summed E-state index contributed by atoms with van der Waals surface area (Å²) in [5.74, 6) is 0.466. The Balaban J connectivity index is 2.28. The molecule has 92 valence electrons. The standard InChI is InChI=1S/C13H18N2O2/c1-17-11-6-4-5-10(9-11)12(13(14)16)15-7-2-3-8-15/h4-6,9,12H,2-3,7-8H2,1H3,(H2,14,16). The van der Waals surface area contributed by atoms with E-state index in [-0.39, 0.29) is 11.9 Å². The van der Waals surface area contributed by atoms with Gasteiger partial charge in [0.15, 0.2) is 0 Å². The number of hydrogen-bond donors (Lipinski definition) is 1. The fourth-order valence-corrected chi connectivity index (χ4v) is 2.37. The average Bonchev–Trinajstić information content (AvgIpc) is 2.83. The van der Waals surface area contributed by atoms with Crippen molar-refractivity contribution < 1.29 is 9.53 Å². The number of benzene rings is 1. The Hall–Kier alpha value is -1.55. The van der Waals surface area contributed by atoms with Crippen LogP contribution in [0.5, 0.6) is 5.75 Å². The summed E-state index contributed by atoms with van der Waals surface area (Å²) >= 11 is 0. The molecule has 1 atom stereocenters. The molecule has 1 fully saturated rings. The van der Waals surface area contributed by atoms with Gasteiger partial charge < -0.3 is 10.5 Å². The van der Waals surface area contributed by atoms with E-state index < -0.39 is 0 Å². The first-order valence-electron chi connectivity index (χ1n) is 5.89. The van der Waals surface area contributed by atoms with Crippen LogP contribution < -0.4 is 10.5 Å². The van der Waals surface area contributed by atoms with Gasteiger partial charge in [-0.1, -0.05) is 12.1 Å². The fraction of sp³-hybridized carbons (Fsp3) is 0.462. The summed E-state index contributed by atoms with van der Waals surface area (Å²) in [4.78, 5) is 13.8. The predicted octanol–water partition coefficient (Wildman–Crippen LogP) is 1.32. The topological polar surface area (TPSA) is 55.6 Å². The van der Waals surface area contributed by atoms with Gasteiger partial charge >= 0.3 is 0 Å². The molecule has 17 heavy (non-hydrogen) atoms. The van der Waals surface area contributed by atoms with Gasteiger partial charge in [-0.3, -0.25) is 9.69 Å². The Morgan fingerprint density at radius 1 is 1.41 bits per heavy atom. The van der Waals surface area contributed by atoms with E-state index in [1.165, 1.54) is 0 Å². The monoisotopic (exact) mass is 234 g/mol. The summed E-state index contributed by atoms with van der Waals surface area (Å²) < 4.78 is 5.18. The summed E-state index contributed by atoms with van der Waals surface area (Å²) in [6.45, 7) is 1.87. The summed E-state index contributed by atoms with van der Waals surface area (Å²) in [5.41, 5.74) is 6.43. The van der Waals surface area contributed by atoms with Gasteiger partial charge in [0.2, 0.25) is 5.91 Å². The molecule has 0 aromatic heterocycles. The first kappa shape index (κ1) is 11.9. The smallest absolute Gasteiger partial charge is 0.239 e. The number of likely N-dealkylation sites (tertiary alicyclic amines) is 1. The molecule has 2 N–H and O–H groups in total. The first-order valence-corrected chi connectivity index (χ1v) is 5.89. The molecule has 1 aromatic rings. The lowest BCUT2D eigenvalue weighted by atomic mass is 10.0. The normalized spacial score (nSPS) is 17.9. The molecule has 4 heteroatoms. The van der Waals surface area contributed by atoms with Crippen molar-refractivity contribution in [2.75, 3.05) is 20.2 Å². The number of rotatable bonds is 4. The van der Waals surface area contributed by atoms with E-state index in [4.69, 9.17) is 10.5 Å². The molecule has 1 heterocycles. The molecule has 4 nitrogen and oxygen atoms in total. The number of hydrogen-bond acceptors (Lipinski definition) is 3. The Labute approximate surface area is 101 Å². The van der Waals surface area contributed by atoms with Gasteiger partial charge in [0.05, 0.1) is 7.11 Å². The zero-order valence-electron chi connectivity index (χ0n) is 10.1. The third kappa shape index (κ3) is 2.58. The van der Waals surface area contributed by atoms with E-state index in [1.54, 1.807) is 7.11 Å². The van der Waals surface area contributed by atoms with Crippen molar-refractivity contribution in [1.82, 2.24) is 4.90 Å². The maximum Gasteiger partial charge on any atom is 0.239 e. The summed E-state index contributed by atoms with van der Waals surface area (Å²) in [7, 11) is 1.62. The largest absolute Gasteiger partial charge is 0.497 e. The zero-order valence-corrected chi connectivity index (χ0v) is 10.1. The number of methoxy groups -OCH3 is 1. The van der Waals surface area contributed by atoms with E-state index in [9.17, 15) is 4.79 Å². The van der Waals surface area contributed by atoms with Crippen LogP contribution in [0.1, 0.15) is 24.4 Å². The molecule has 0 radical (unpaired) electrons. The van der Waals surface area contributed by atoms with Crippen LogP contribution in [0.3, 0.4) is 0 Å². The quantitative estimate of drug-likeness (QED) is 0.854. The van der Waals surface area contributed by atoms with Gasteiger partial charge in [0.1, 0.15) is 11.8 Å². The lowest BCUT2D eigenvalue weighted by molar-refractivity contribution is -0.123. The van der Waals surface area contributed by atoms with E-state index in [1.807, 2.05) is 24.3 Å². The first-order chi connectivity index (χ1) is 8.22. The van der Waals surface area contributed by atoms with E-state index in [2.05, 4.69) is 4.90 Å². The van der Waals surface area contributed by atoms with Crippen LogP contribution in [0, 0.1) is 0 Å². The lowest BCUT2D eigenvalue weighted by Crippen LogP contribution is -2.35. The van der Waals surface area contributed by atoms with Crippen molar-refractivity contribution in [1.29, 1.82) is 0 Å². The van der Waals surface area contributed by atoms with Crippen molar-refractivity contribution in [3.8, 4) is 5.75 Å². The fourth-order valence-electron chi connectivity index (χ4n) is 2.37. The molecule has 1 aliphatic heterocycles. The van der Waals surface area contributed by atoms with Gasteiger partial charge in [0.25, 0.3) is 0 Å². The number of amides is 1. The highest BCUT2D eigenvalue weighted by Gasteiger charge is 2.27. The molecular weight excluding hydrogens is 216 g/mol. The highest BCUT2D eigenvalue weighted by molar-refractivity contribution is 5.81. The Morgan fingerprint density at radius 2 is 2.12 bits per heavy atom. The third-order valence-electron chi connectivity index (χ3n) is 3.18. The molecule has 0 spiro atoms. The van der Waals surface area contributed by atoms with Crippen LogP contribution in [-0.4, -0.2) is 31.0 Å². The summed E-state index contributed by atoms with van der Waals surface area (Å²) in [6.07, 6.45) is 2.27. The molecule has 0 saturated carbocycles. The highest BCUT2D eigenvalue weighted by atomic mass is 16.5. The highest BCUT2D eigenvalue weighted by Crippen LogP contribution is 2.27. The maximum atomic E-state index is 11.6. The van der Waals surface area contributed by atoms with Crippen molar-refractivity contribution in [3.63, 3.8) is 0 Å². The molecule has 1 unspecified atom stereocenters. The Bertz CT molecular complexity index is 400. The van der Waals surface area contributed by atoms with Crippen LogP contribution in [0.15, 0.2) is 24.3 Å². The average molecular weight is 234 g/mol. The van der Waals surface area contributed by atoms with Gasteiger partial charge in [-0.15, -0.1) is 0 Å². The van der Waals surface area contributed by atoms with Crippen LogP contribution in [-0.2, 0) is 4.79 Å². The van der Waals surface area contributed by atoms with Crippen molar-refractivity contribution in [2.24, 2.45) is 5.73 Å². The van der Waals surface area contributed by atoms with E-state index in [0.717, 1.165) is 37.2 Å². The second-order valence-corrected chi connectivity index (χ2v) is 4.32. The minimum absolute atomic E-state index is 0.292. The number of ether oxygens (including phenoxy) is 1. The summed E-state index contributed by atoms with van der Waals surface area (Å²) in [5, 5.41) is 0. The van der Waals surface area contributed by atoms with Crippen LogP contribution in [0.4, 0.5) is 0 Å². The van der Waals surface area contributed by atoms with Gasteiger partial charge in [-0.2, -0.15) is 0 Å². The lowest BCUT2D eigenvalue weighted by Gasteiger charge is -2.25. The minimum Gasteiger partial charge on any atom is -0.497 e. The van der Waals surface area contributed by atoms with E-state index >= 15 is 0 Å². The minimum atomic E-state index is -0.326. The molecule has 1 aromatic carbocycles. The second kappa shape index (κ2) is 5.19. The molecule has 1 saturated heterocycles. The zero-order chi connectivity index (χ0) is 12.3. The second-order valence-electron chi connectivity index (χ2n) is 4.32. The van der Waals surface area contributed by atoms with Crippen LogP contribution in [0.2, 0.25) is 0 Å². The number of carbonyl (C=O) groups excluding carboxylic acids is 1. The molecular formula is C13H18N2O2. The summed E-state index contributed by atoms with van der Waals surface area (Å²) in [6, 6.07) is 7.24. The number of nitrogens with zero attached hydrogens (tertiary/aromatic N) is 1. The van der Waals surface area contributed by atoms with Gasteiger partial charge in [0, 0.05) is 0 Å². The van der Waals surface area contributed by atoms with Gasteiger partial charge in [-0.25, -0.2) is 0 Å². The molecule has 1 aliphatic rings. The number of primary amides is 1. The van der Waals surface area contributed by atoms with Crippen LogP contribution in [0.25, 0.3) is 0 Å². The molecule has 2 rings (SSSR count). The molecule has 1 amide bonds. The van der Waals surface area contributed by atoms with Gasteiger partial charge in [-0.05, 0) is 43.6 Å². The number of nitrogens with two attached hydrogens (primary N) is 1. The Morgan fingerprint density at radius 3 is 2.71 bits per heavy atom. The van der Waals surface area contributed by atoms with Crippen LogP contribution >= 0.6 is 0 Å².